The summed E-state index contributed by atoms with van der Waals surface area (Å²) < 4.78 is 0. The minimum atomic E-state index is -0.0995. The molecule has 1 rings (SSSR count). The number of nitrogens with zero attached hydrogens (tertiary/aromatic N) is 1. The highest BCUT2D eigenvalue weighted by molar-refractivity contribution is 6.29. The van der Waals surface area contributed by atoms with Crippen molar-refractivity contribution < 1.29 is 5.11 Å². The third kappa shape index (κ3) is 1.10. The van der Waals surface area contributed by atoms with E-state index in [1.54, 1.807) is 0 Å². The third-order valence-electron chi connectivity index (χ3n) is 0.636. The van der Waals surface area contributed by atoms with Crippen molar-refractivity contribution in [3.8, 4) is 5.88 Å². The van der Waals surface area contributed by atoms with Gasteiger partial charge >= 0.3 is 0 Å². The second-order valence-electron chi connectivity index (χ2n) is 1.25. The van der Waals surface area contributed by atoms with Crippen LogP contribution in [0.15, 0.2) is 12.1 Å². The van der Waals surface area contributed by atoms with E-state index >= 15 is 0 Å². The van der Waals surface area contributed by atoms with Gasteiger partial charge in [0.2, 0.25) is 5.88 Å². The highest BCUT2D eigenvalue weighted by Crippen LogP contribution is 2.07. The lowest BCUT2D eigenvalue weighted by atomic mass is 10.5. The fourth-order valence-electron chi connectivity index (χ4n) is 0.359. The lowest BCUT2D eigenvalue weighted by Gasteiger charge is -1.86. The van der Waals surface area contributed by atoms with Crippen LogP contribution in [0.4, 0.5) is 0 Å². The van der Waals surface area contributed by atoms with Crippen molar-refractivity contribution in [3.05, 3.63) is 23.4 Å². The molecule has 0 aliphatic carbocycles. The SMILES string of the molecule is Oc1c[c]cc(Cl)n1. The molecule has 0 atom stereocenters. The minimum Gasteiger partial charge on any atom is -0.493 e. The predicted molar refractivity (Wildman–Crippen MR) is 29.7 cm³/mol. The van der Waals surface area contributed by atoms with Crippen molar-refractivity contribution in [1.82, 2.24) is 4.98 Å². The molecule has 0 unspecified atom stereocenters. The van der Waals surface area contributed by atoms with Gasteiger partial charge in [0.15, 0.2) is 0 Å². The van der Waals surface area contributed by atoms with Gasteiger partial charge in [-0.3, -0.25) is 0 Å². The number of aromatic hydroxyl groups is 1. The highest BCUT2D eigenvalue weighted by Gasteiger charge is 1.87. The molecular weight excluding hydrogens is 126 g/mol. The molecule has 0 spiro atoms. The van der Waals surface area contributed by atoms with E-state index in [-0.39, 0.29) is 11.0 Å². The number of halogens is 1. The van der Waals surface area contributed by atoms with Gasteiger partial charge in [-0.2, -0.15) is 0 Å². The van der Waals surface area contributed by atoms with Crippen LogP contribution in [0.1, 0.15) is 0 Å². The number of hydrogen-bond donors (Lipinski definition) is 1. The smallest absolute Gasteiger partial charge is 0.212 e. The second-order valence-corrected chi connectivity index (χ2v) is 1.64. The average Bonchev–Trinajstić information content (AvgIpc) is 1.64. The Balaban J connectivity index is 3.08. The van der Waals surface area contributed by atoms with E-state index in [4.69, 9.17) is 16.7 Å². The monoisotopic (exact) mass is 128 g/mol. The van der Waals surface area contributed by atoms with E-state index in [2.05, 4.69) is 11.1 Å². The van der Waals surface area contributed by atoms with Gasteiger partial charge in [-0.25, -0.2) is 4.98 Å². The molecule has 0 bridgehead atoms. The number of rotatable bonds is 0. The van der Waals surface area contributed by atoms with Crippen molar-refractivity contribution in [1.29, 1.82) is 0 Å². The Hall–Kier alpha value is -0.760. The number of aromatic nitrogens is 1. The molecule has 0 saturated carbocycles. The van der Waals surface area contributed by atoms with E-state index in [9.17, 15) is 0 Å². The predicted octanol–water partition coefficient (Wildman–Crippen LogP) is 1.24. The summed E-state index contributed by atoms with van der Waals surface area (Å²) in [5, 5.41) is 8.84. The first-order valence-electron chi connectivity index (χ1n) is 2.01. The van der Waals surface area contributed by atoms with Crippen LogP contribution in [0.2, 0.25) is 5.15 Å². The summed E-state index contributed by atoms with van der Waals surface area (Å²) in [5.41, 5.74) is 0. The summed E-state index contributed by atoms with van der Waals surface area (Å²) in [6, 6.07) is 5.40. The highest BCUT2D eigenvalue weighted by atomic mass is 35.5. The normalized spacial score (nSPS) is 9.12. The van der Waals surface area contributed by atoms with E-state index in [1.807, 2.05) is 0 Å². The molecule has 1 N–H and O–H groups in total. The van der Waals surface area contributed by atoms with Gasteiger partial charge in [0.25, 0.3) is 0 Å². The van der Waals surface area contributed by atoms with Crippen molar-refractivity contribution in [2.75, 3.05) is 0 Å². The van der Waals surface area contributed by atoms with Crippen LogP contribution in [0.25, 0.3) is 0 Å². The van der Waals surface area contributed by atoms with Crippen LogP contribution in [0, 0.1) is 6.07 Å². The van der Waals surface area contributed by atoms with Crippen LogP contribution in [-0.2, 0) is 0 Å². The second kappa shape index (κ2) is 2.01. The molecular formula is C5H3ClNO. The van der Waals surface area contributed by atoms with Crippen LogP contribution in [0.5, 0.6) is 5.88 Å². The Kier molecular flexibility index (Phi) is 1.35. The first-order valence-corrected chi connectivity index (χ1v) is 2.39. The molecule has 41 valence electrons. The van der Waals surface area contributed by atoms with Gasteiger partial charge < -0.3 is 5.11 Å². The maximum absolute atomic E-state index is 8.59. The van der Waals surface area contributed by atoms with Crippen LogP contribution < -0.4 is 0 Å². The molecule has 1 heterocycles. The Bertz CT molecular complexity index is 172. The zero-order chi connectivity index (χ0) is 5.98. The molecule has 1 aromatic rings. The molecule has 0 aromatic carbocycles. The summed E-state index contributed by atoms with van der Waals surface area (Å²) >= 11 is 5.34. The van der Waals surface area contributed by atoms with Crippen molar-refractivity contribution >= 4 is 11.6 Å². The zero-order valence-corrected chi connectivity index (χ0v) is 4.68. The lowest BCUT2D eigenvalue weighted by Crippen LogP contribution is -1.71. The number of hydrogen-bond acceptors (Lipinski definition) is 2. The number of pyridine rings is 1. The van der Waals surface area contributed by atoms with Gasteiger partial charge in [-0.05, 0) is 12.1 Å². The Labute approximate surface area is 51.7 Å². The van der Waals surface area contributed by atoms with E-state index < -0.39 is 0 Å². The summed E-state index contributed by atoms with van der Waals surface area (Å²) in [4.78, 5) is 3.46. The molecule has 3 heteroatoms. The summed E-state index contributed by atoms with van der Waals surface area (Å²) in [6.07, 6.45) is 0. The summed E-state index contributed by atoms with van der Waals surface area (Å²) in [7, 11) is 0. The van der Waals surface area contributed by atoms with Crippen LogP contribution >= 0.6 is 11.6 Å². The Morgan fingerprint density at radius 2 is 2.38 bits per heavy atom. The molecule has 1 radical (unpaired) electrons. The first-order chi connectivity index (χ1) is 3.79. The van der Waals surface area contributed by atoms with Crippen LogP contribution in [0.3, 0.4) is 0 Å². The van der Waals surface area contributed by atoms with Gasteiger partial charge in [0, 0.05) is 6.07 Å². The molecule has 8 heavy (non-hydrogen) atoms. The average molecular weight is 129 g/mol. The zero-order valence-electron chi connectivity index (χ0n) is 3.93. The standard InChI is InChI=1S/C5H3ClNO/c6-4-2-1-3-5(8)7-4/h2-3H,(H,7,8). The van der Waals surface area contributed by atoms with E-state index in [0.29, 0.717) is 0 Å². The van der Waals surface area contributed by atoms with Gasteiger partial charge in [0.1, 0.15) is 5.15 Å². The molecule has 0 saturated heterocycles. The Morgan fingerprint density at radius 1 is 1.62 bits per heavy atom. The summed E-state index contributed by atoms with van der Waals surface area (Å²) in [6.45, 7) is 0. The molecule has 0 aliphatic rings. The molecule has 1 aromatic heterocycles. The first kappa shape index (κ1) is 5.38. The van der Waals surface area contributed by atoms with Gasteiger partial charge in [-0.1, -0.05) is 11.6 Å². The Morgan fingerprint density at radius 3 is 2.75 bits per heavy atom. The van der Waals surface area contributed by atoms with Gasteiger partial charge in [0.05, 0.1) is 0 Å². The topological polar surface area (TPSA) is 33.1 Å². The molecule has 0 fully saturated rings. The van der Waals surface area contributed by atoms with Crippen molar-refractivity contribution in [3.63, 3.8) is 0 Å². The molecule has 0 amide bonds. The quantitative estimate of drug-likeness (QED) is 0.534. The largest absolute Gasteiger partial charge is 0.493 e. The maximum atomic E-state index is 8.59. The minimum absolute atomic E-state index is 0.0995. The molecule has 0 aliphatic heterocycles. The van der Waals surface area contributed by atoms with Gasteiger partial charge in [-0.15, -0.1) is 0 Å². The summed E-state index contributed by atoms with van der Waals surface area (Å²) in [5.74, 6) is -0.0995. The lowest BCUT2D eigenvalue weighted by molar-refractivity contribution is 0.453. The fraction of sp³-hybridized carbons (Fsp3) is 0. The van der Waals surface area contributed by atoms with E-state index in [1.165, 1.54) is 12.1 Å². The van der Waals surface area contributed by atoms with E-state index in [0.717, 1.165) is 0 Å². The maximum Gasteiger partial charge on any atom is 0.212 e. The van der Waals surface area contributed by atoms with Crippen LogP contribution in [-0.4, -0.2) is 10.1 Å². The van der Waals surface area contributed by atoms with Crippen molar-refractivity contribution in [2.24, 2.45) is 0 Å². The van der Waals surface area contributed by atoms with Crippen molar-refractivity contribution in [2.45, 2.75) is 0 Å². The third-order valence-corrected chi connectivity index (χ3v) is 0.830. The molecule has 2 nitrogen and oxygen atoms in total. The fourth-order valence-corrected chi connectivity index (χ4v) is 0.509.